The van der Waals surface area contributed by atoms with Crippen LogP contribution < -0.4 is 15.5 Å². The van der Waals surface area contributed by atoms with Gasteiger partial charge in [0.15, 0.2) is 5.11 Å². The van der Waals surface area contributed by atoms with Crippen molar-refractivity contribution in [2.45, 2.75) is 6.10 Å². The third-order valence-corrected chi connectivity index (χ3v) is 3.01. The molecule has 0 saturated carbocycles. The maximum Gasteiger partial charge on any atom is 0.414 e. The first-order chi connectivity index (χ1) is 8.70. The maximum atomic E-state index is 11.7. The monoisotopic (exact) mass is 265 g/mol. The van der Waals surface area contributed by atoms with E-state index in [0.29, 0.717) is 18.2 Å². The van der Waals surface area contributed by atoms with Crippen LogP contribution in [0.5, 0.6) is 0 Å². The van der Waals surface area contributed by atoms with Crippen LogP contribution >= 0.6 is 12.2 Å². The minimum atomic E-state index is -0.316. The Morgan fingerprint density at radius 1 is 1.50 bits per heavy atom. The van der Waals surface area contributed by atoms with Crippen molar-refractivity contribution in [3.8, 4) is 0 Å². The van der Waals surface area contributed by atoms with E-state index in [4.69, 9.17) is 17.0 Å². The van der Waals surface area contributed by atoms with Crippen LogP contribution in [0.4, 0.5) is 10.5 Å². The highest BCUT2D eigenvalue weighted by molar-refractivity contribution is 7.80. The lowest BCUT2D eigenvalue weighted by Crippen LogP contribution is -2.39. The molecule has 0 unspecified atom stereocenters. The standard InChI is InChI=1S/C12H15N3O2S/c1-13-11(18)14-7-10-8-15(12(16)17-10)9-5-3-2-4-6-9/h2-6,10H,7-8H2,1H3,(H2,13,14,18)/t10-/m0/s1. The Bertz CT molecular complexity index is 438. The molecule has 1 aromatic carbocycles. The van der Waals surface area contributed by atoms with Crippen LogP contribution in [0.3, 0.4) is 0 Å². The minimum absolute atomic E-state index is 0.191. The molecule has 96 valence electrons. The van der Waals surface area contributed by atoms with Crippen molar-refractivity contribution >= 4 is 29.1 Å². The quantitative estimate of drug-likeness (QED) is 0.802. The number of hydrogen-bond donors (Lipinski definition) is 2. The number of anilines is 1. The summed E-state index contributed by atoms with van der Waals surface area (Å²) < 4.78 is 5.26. The number of rotatable bonds is 3. The van der Waals surface area contributed by atoms with Crippen molar-refractivity contribution in [2.75, 3.05) is 25.0 Å². The van der Waals surface area contributed by atoms with Crippen LogP contribution in [-0.4, -0.2) is 37.4 Å². The molecule has 1 aromatic rings. The Kier molecular flexibility index (Phi) is 3.99. The predicted octanol–water partition coefficient (Wildman–Crippen LogP) is 1.11. The maximum absolute atomic E-state index is 11.7. The molecular formula is C12H15N3O2S. The van der Waals surface area contributed by atoms with Gasteiger partial charge in [-0.25, -0.2) is 4.79 Å². The minimum Gasteiger partial charge on any atom is -0.442 e. The molecule has 1 heterocycles. The number of hydrogen-bond acceptors (Lipinski definition) is 3. The molecule has 1 aliphatic heterocycles. The van der Waals surface area contributed by atoms with Gasteiger partial charge in [-0.1, -0.05) is 18.2 Å². The zero-order chi connectivity index (χ0) is 13.0. The van der Waals surface area contributed by atoms with Crippen molar-refractivity contribution in [3.63, 3.8) is 0 Å². The summed E-state index contributed by atoms with van der Waals surface area (Å²) in [5.41, 5.74) is 0.848. The number of ether oxygens (including phenoxy) is 1. The number of para-hydroxylation sites is 1. The number of thiocarbonyl (C=S) groups is 1. The number of benzene rings is 1. The van der Waals surface area contributed by atoms with Crippen molar-refractivity contribution in [1.29, 1.82) is 0 Å². The third-order valence-electron chi connectivity index (χ3n) is 2.66. The van der Waals surface area contributed by atoms with Gasteiger partial charge in [0.25, 0.3) is 0 Å². The molecule has 0 aliphatic carbocycles. The van der Waals surface area contributed by atoms with E-state index in [-0.39, 0.29) is 12.2 Å². The molecule has 5 nitrogen and oxygen atoms in total. The third kappa shape index (κ3) is 2.89. The van der Waals surface area contributed by atoms with E-state index in [0.717, 1.165) is 5.69 Å². The second-order valence-electron chi connectivity index (χ2n) is 3.91. The van der Waals surface area contributed by atoms with Gasteiger partial charge in [0.1, 0.15) is 6.10 Å². The zero-order valence-corrected chi connectivity index (χ0v) is 10.9. The molecule has 0 aromatic heterocycles. The number of nitrogens with zero attached hydrogens (tertiary/aromatic N) is 1. The molecule has 1 amide bonds. The summed E-state index contributed by atoms with van der Waals surface area (Å²) in [5, 5.41) is 6.34. The SMILES string of the molecule is CNC(=S)NC[C@H]1CN(c2ccccc2)C(=O)O1. The molecule has 2 N–H and O–H groups in total. The Labute approximate surface area is 111 Å². The van der Waals surface area contributed by atoms with Crippen LogP contribution in [0.15, 0.2) is 30.3 Å². The summed E-state index contributed by atoms with van der Waals surface area (Å²) in [6.07, 6.45) is -0.507. The molecule has 6 heteroatoms. The van der Waals surface area contributed by atoms with E-state index >= 15 is 0 Å². The van der Waals surface area contributed by atoms with Gasteiger partial charge in [-0.05, 0) is 24.4 Å². The summed E-state index contributed by atoms with van der Waals surface area (Å²) >= 11 is 4.97. The molecular weight excluding hydrogens is 250 g/mol. The van der Waals surface area contributed by atoms with Crippen molar-refractivity contribution < 1.29 is 9.53 Å². The van der Waals surface area contributed by atoms with Gasteiger partial charge in [0, 0.05) is 12.7 Å². The van der Waals surface area contributed by atoms with Crippen molar-refractivity contribution in [1.82, 2.24) is 10.6 Å². The molecule has 18 heavy (non-hydrogen) atoms. The fourth-order valence-electron chi connectivity index (χ4n) is 1.74. The van der Waals surface area contributed by atoms with Gasteiger partial charge < -0.3 is 15.4 Å². The Morgan fingerprint density at radius 3 is 2.89 bits per heavy atom. The van der Waals surface area contributed by atoms with Gasteiger partial charge in [-0.2, -0.15) is 0 Å². The van der Waals surface area contributed by atoms with E-state index in [9.17, 15) is 4.79 Å². The van der Waals surface area contributed by atoms with Crippen LogP contribution in [-0.2, 0) is 4.74 Å². The molecule has 1 fully saturated rings. The van der Waals surface area contributed by atoms with E-state index in [2.05, 4.69) is 10.6 Å². The molecule has 1 saturated heterocycles. The van der Waals surface area contributed by atoms with Crippen LogP contribution in [0.1, 0.15) is 0 Å². The van der Waals surface area contributed by atoms with E-state index < -0.39 is 0 Å². The number of nitrogens with one attached hydrogen (secondary N) is 2. The second kappa shape index (κ2) is 5.68. The summed E-state index contributed by atoms with van der Waals surface area (Å²) in [6.45, 7) is 1.04. The summed E-state index contributed by atoms with van der Waals surface area (Å²) in [4.78, 5) is 13.3. The molecule has 1 atom stereocenters. The Morgan fingerprint density at radius 2 is 2.22 bits per heavy atom. The molecule has 0 spiro atoms. The fraction of sp³-hybridized carbons (Fsp3) is 0.333. The Balaban J connectivity index is 1.93. The summed E-state index contributed by atoms with van der Waals surface area (Å²) in [6, 6.07) is 9.47. The molecule has 0 bridgehead atoms. The number of cyclic esters (lactones) is 1. The topological polar surface area (TPSA) is 53.6 Å². The highest BCUT2D eigenvalue weighted by Crippen LogP contribution is 2.20. The largest absolute Gasteiger partial charge is 0.442 e. The van der Waals surface area contributed by atoms with Crippen LogP contribution in [0.25, 0.3) is 0 Å². The van der Waals surface area contributed by atoms with Gasteiger partial charge in [0.2, 0.25) is 0 Å². The average Bonchev–Trinajstić information content (AvgIpc) is 2.78. The fourth-order valence-corrected chi connectivity index (χ4v) is 1.82. The molecule has 0 radical (unpaired) electrons. The lowest BCUT2D eigenvalue weighted by Gasteiger charge is -2.13. The van der Waals surface area contributed by atoms with E-state index in [1.807, 2.05) is 30.3 Å². The second-order valence-corrected chi connectivity index (χ2v) is 4.32. The average molecular weight is 265 g/mol. The molecule has 2 rings (SSSR count). The van der Waals surface area contributed by atoms with Crippen molar-refractivity contribution in [3.05, 3.63) is 30.3 Å². The Hall–Kier alpha value is -1.82. The summed E-state index contributed by atoms with van der Waals surface area (Å²) in [5.74, 6) is 0. The lowest BCUT2D eigenvalue weighted by atomic mass is 10.3. The van der Waals surface area contributed by atoms with Gasteiger partial charge >= 0.3 is 6.09 Å². The molecule has 1 aliphatic rings. The highest BCUT2D eigenvalue weighted by atomic mass is 32.1. The predicted molar refractivity (Wildman–Crippen MR) is 73.7 cm³/mol. The van der Waals surface area contributed by atoms with Gasteiger partial charge in [0.05, 0.1) is 13.1 Å². The smallest absolute Gasteiger partial charge is 0.414 e. The highest BCUT2D eigenvalue weighted by Gasteiger charge is 2.31. The van der Waals surface area contributed by atoms with Crippen LogP contribution in [0, 0.1) is 0 Å². The van der Waals surface area contributed by atoms with Crippen LogP contribution in [0.2, 0.25) is 0 Å². The lowest BCUT2D eigenvalue weighted by molar-refractivity contribution is 0.143. The normalized spacial score (nSPS) is 18.4. The summed E-state index contributed by atoms with van der Waals surface area (Å²) in [7, 11) is 1.74. The van der Waals surface area contributed by atoms with Gasteiger partial charge in [-0.15, -0.1) is 0 Å². The van der Waals surface area contributed by atoms with E-state index in [1.54, 1.807) is 11.9 Å². The first kappa shape index (κ1) is 12.6. The number of carbonyl (C=O) groups is 1. The first-order valence-electron chi connectivity index (χ1n) is 5.69. The van der Waals surface area contributed by atoms with Crippen molar-refractivity contribution in [2.24, 2.45) is 0 Å². The number of carbonyl (C=O) groups excluding carboxylic acids is 1. The zero-order valence-electron chi connectivity index (χ0n) is 10.1. The first-order valence-corrected chi connectivity index (χ1v) is 6.10. The number of amides is 1. The van der Waals surface area contributed by atoms with E-state index in [1.165, 1.54) is 0 Å². The van der Waals surface area contributed by atoms with Gasteiger partial charge in [-0.3, -0.25) is 4.90 Å².